The molecule has 0 N–H and O–H groups in total. The Kier molecular flexibility index (Phi) is 3.89. The monoisotopic (exact) mass is 337 g/mol. The Morgan fingerprint density at radius 3 is 2.62 bits per heavy atom. The molecule has 1 aliphatic rings. The normalized spacial score (nSPS) is 15.0. The van der Waals surface area contributed by atoms with Crippen LogP contribution in [0.25, 0.3) is 22.4 Å². The number of hydrogen-bond donors (Lipinski definition) is 0. The Balaban J connectivity index is 0.00000132. The lowest BCUT2D eigenvalue weighted by Crippen LogP contribution is -3.00. The van der Waals surface area contributed by atoms with E-state index in [1.165, 1.54) is 27.6 Å². The van der Waals surface area contributed by atoms with Gasteiger partial charge in [0.1, 0.15) is 0 Å². The lowest BCUT2D eigenvalue weighted by Gasteiger charge is -2.02. The van der Waals surface area contributed by atoms with Crippen LogP contribution in [-0.4, -0.2) is 0 Å². The van der Waals surface area contributed by atoms with Crippen molar-refractivity contribution in [1.82, 2.24) is 0 Å². The second-order valence-electron chi connectivity index (χ2n) is 5.27. The SMILES string of the molecule is C(=C1/CC[n+]2ccccc21)/c1cccc2ccccc12.[Br-]. The van der Waals surface area contributed by atoms with Gasteiger partial charge in [0.2, 0.25) is 5.69 Å². The Bertz CT molecular complexity index is 815. The van der Waals surface area contributed by atoms with Crippen LogP contribution in [0.3, 0.4) is 0 Å². The van der Waals surface area contributed by atoms with Crippen molar-refractivity contribution < 1.29 is 21.5 Å². The number of aryl methyl sites for hydroxylation is 1. The fourth-order valence-corrected chi connectivity index (χ4v) is 3.04. The summed E-state index contributed by atoms with van der Waals surface area (Å²) in [5.41, 5.74) is 4.10. The van der Waals surface area contributed by atoms with Crippen molar-refractivity contribution in [3.8, 4) is 0 Å². The van der Waals surface area contributed by atoms with E-state index in [1.54, 1.807) is 0 Å². The smallest absolute Gasteiger partial charge is 0.208 e. The second kappa shape index (κ2) is 5.82. The number of benzene rings is 2. The van der Waals surface area contributed by atoms with Crippen molar-refractivity contribution in [2.75, 3.05) is 0 Å². The molecule has 3 aromatic rings. The molecule has 1 aromatic heterocycles. The zero-order valence-corrected chi connectivity index (χ0v) is 13.3. The first-order valence-electron chi connectivity index (χ1n) is 7.09. The molecule has 2 heterocycles. The number of hydrogen-bond acceptors (Lipinski definition) is 0. The minimum absolute atomic E-state index is 0. The minimum atomic E-state index is 0. The fourth-order valence-electron chi connectivity index (χ4n) is 3.04. The summed E-state index contributed by atoms with van der Waals surface area (Å²) < 4.78 is 2.33. The van der Waals surface area contributed by atoms with Crippen LogP contribution in [-0.2, 0) is 6.54 Å². The molecule has 0 saturated heterocycles. The van der Waals surface area contributed by atoms with Gasteiger partial charge in [-0.2, -0.15) is 4.57 Å². The molecule has 1 aliphatic heterocycles. The molecule has 4 rings (SSSR count). The average Bonchev–Trinajstić information content (AvgIpc) is 2.91. The number of allylic oxidation sites excluding steroid dienone is 1. The molecule has 2 heteroatoms. The van der Waals surface area contributed by atoms with E-state index in [2.05, 4.69) is 77.5 Å². The lowest BCUT2D eigenvalue weighted by atomic mass is 10.0. The van der Waals surface area contributed by atoms with Crippen LogP contribution in [0.15, 0.2) is 66.9 Å². The number of rotatable bonds is 1. The lowest BCUT2D eigenvalue weighted by molar-refractivity contribution is -0.689. The van der Waals surface area contributed by atoms with E-state index in [9.17, 15) is 0 Å². The molecule has 1 nitrogen and oxygen atoms in total. The number of halogens is 1. The third kappa shape index (κ3) is 2.52. The topological polar surface area (TPSA) is 3.88 Å². The zero-order chi connectivity index (χ0) is 13.4. The number of pyridine rings is 1. The molecular formula is C19H16BrN. The van der Waals surface area contributed by atoms with Crippen molar-refractivity contribution in [2.24, 2.45) is 0 Å². The van der Waals surface area contributed by atoms with Gasteiger partial charge in [0.25, 0.3) is 0 Å². The fraction of sp³-hybridized carbons (Fsp3) is 0.105. The predicted octanol–water partition coefficient (Wildman–Crippen LogP) is 1.08. The highest BCUT2D eigenvalue weighted by molar-refractivity contribution is 5.94. The van der Waals surface area contributed by atoms with Crippen LogP contribution in [0.1, 0.15) is 17.7 Å². The first-order valence-corrected chi connectivity index (χ1v) is 7.09. The molecule has 0 fully saturated rings. The van der Waals surface area contributed by atoms with Crippen molar-refractivity contribution in [3.05, 3.63) is 78.1 Å². The maximum atomic E-state index is 2.35. The molecule has 2 aromatic carbocycles. The molecule has 0 bridgehead atoms. The first-order chi connectivity index (χ1) is 9.92. The van der Waals surface area contributed by atoms with E-state index in [1.807, 2.05) is 0 Å². The second-order valence-corrected chi connectivity index (χ2v) is 5.27. The van der Waals surface area contributed by atoms with Crippen molar-refractivity contribution >= 4 is 22.4 Å². The van der Waals surface area contributed by atoms with Crippen LogP contribution in [0.5, 0.6) is 0 Å². The van der Waals surface area contributed by atoms with Gasteiger partial charge in [0, 0.05) is 24.1 Å². The van der Waals surface area contributed by atoms with Gasteiger partial charge in [0.05, 0.1) is 0 Å². The van der Waals surface area contributed by atoms with Gasteiger partial charge < -0.3 is 17.0 Å². The van der Waals surface area contributed by atoms with Gasteiger partial charge in [-0.3, -0.25) is 0 Å². The number of nitrogens with zero attached hydrogens (tertiary/aromatic N) is 1. The molecule has 0 radical (unpaired) electrons. The molecule has 0 saturated carbocycles. The van der Waals surface area contributed by atoms with Gasteiger partial charge in [-0.25, -0.2) is 0 Å². The Labute approximate surface area is 135 Å². The Hall–Kier alpha value is -1.93. The van der Waals surface area contributed by atoms with Crippen LogP contribution < -0.4 is 21.5 Å². The largest absolute Gasteiger partial charge is 1.00 e. The highest BCUT2D eigenvalue weighted by atomic mass is 79.9. The van der Waals surface area contributed by atoms with Gasteiger partial charge >= 0.3 is 0 Å². The molecule has 0 unspecified atom stereocenters. The van der Waals surface area contributed by atoms with Crippen LogP contribution in [0.4, 0.5) is 0 Å². The first kappa shape index (κ1) is 14.0. The van der Waals surface area contributed by atoms with E-state index in [0.717, 1.165) is 13.0 Å². The zero-order valence-electron chi connectivity index (χ0n) is 11.7. The van der Waals surface area contributed by atoms with E-state index in [0.29, 0.717) is 0 Å². The molecule has 0 aliphatic carbocycles. The van der Waals surface area contributed by atoms with E-state index in [4.69, 9.17) is 0 Å². The number of fused-ring (bicyclic) bond motifs is 2. The van der Waals surface area contributed by atoms with E-state index in [-0.39, 0.29) is 17.0 Å². The molecule has 0 atom stereocenters. The summed E-state index contributed by atoms with van der Waals surface area (Å²) in [6, 6.07) is 21.5. The molecule has 0 spiro atoms. The third-order valence-electron chi connectivity index (χ3n) is 4.04. The summed E-state index contributed by atoms with van der Waals surface area (Å²) in [4.78, 5) is 0. The summed E-state index contributed by atoms with van der Waals surface area (Å²) in [6.45, 7) is 1.09. The minimum Gasteiger partial charge on any atom is -1.00 e. The summed E-state index contributed by atoms with van der Waals surface area (Å²) in [6.07, 6.45) is 5.63. The molecule has 21 heavy (non-hydrogen) atoms. The summed E-state index contributed by atoms with van der Waals surface area (Å²) >= 11 is 0. The third-order valence-corrected chi connectivity index (χ3v) is 4.04. The predicted molar refractivity (Wildman–Crippen MR) is 83.1 cm³/mol. The summed E-state index contributed by atoms with van der Waals surface area (Å²) in [7, 11) is 0. The maximum absolute atomic E-state index is 2.35. The summed E-state index contributed by atoms with van der Waals surface area (Å²) in [5.74, 6) is 0. The van der Waals surface area contributed by atoms with Crippen molar-refractivity contribution in [1.29, 1.82) is 0 Å². The Morgan fingerprint density at radius 1 is 0.857 bits per heavy atom. The van der Waals surface area contributed by atoms with Gasteiger partial charge in [0.15, 0.2) is 12.7 Å². The van der Waals surface area contributed by atoms with Crippen LogP contribution >= 0.6 is 0 Å². The highest BCUT2D eigenvalue weighted by Crippen LogP contribution is 2.27. The standard InChI is InChI=1S/C19H16N.BrH/c1-2-9-18-15(6-1)7-5-8-16(18)14-17-11-13-20-12-4-3-10-19(17)20;/h1-10,12,14H,11,13H2;1H/q+1;/p-1/b17-14+;. The van der Waals surface area contributed by atoms with Gasteiger partial charge in [-0.05, 0) is 28.5 Å². The number of aromatic nitrogens is 1. The van der Waals surface area contributed by atoms with Crippen LogP contribution in [0.2, 0.25) is 0 Å². The highest BCUT2D eigenvalue weighted by Gasteiger charge is 2.22. The molecule has 104 valence electrons. The van der Waals surface area contributed by atoms with E-state index >= 15 is 0 Å². The van der Waals surface area contributed by atoms with Gasteiger partial charge in [-0.15, -0.1) is 0 Å². The van der Waals surface area contributed by atoms with Crippen LogP contribution in [0, 0.1) is 0 Å². The maximum Gasteiger partial charge on any atom is 0.208 e. The van der Waals surface area contributed by atoms with Crippen molar-refractivity contribution in [2.45, 2.75) is 13.0 Å². The van der Waals surface area contributed by atoms with E-state index < -0.39 is 0 Å². The quantitative estimate of drug-likeness (QED) is 0.585. The van der Waals surface area contributed by atoms with Crippen molar-refractivity contribution in [3.63, 3.8) is 0 Å². The Morgan fingerprint density at radius 2 is 1.67 bits per heavy atom. The summed E-state index contributed by atoms with van der Waals surface area (Å²) in [5, 5.41) is 2.64. The average molecular weight is 338 g/mol. The molecular weight excluding hydrogens is 322 g/mol. The molecule has 0 amide bonds. The van der Waals surface area contributed by atoms with Gasteiger partial charge in [-0.1, -0.05) is 42.5 Å².